The van der Waals surface area contributed by atoms with Crippen molar-refractivity contribution in [3.63, 3.8) is 0 Å². The van der Waals surface area contributed by atoms with Gasteiger partial charge in [-0.05, 0) is 94.9 Å². The van der Waals surface area contributed by atoms with Crippen LogP contribution in [0.5, 0.6) is 0 Å². The molecular weight excluding hydrogens is 862 g/mol. The molecule has 2 heterocycles. The van der Waals surface area contributed by atoms with Gasteiger partial charge >= 0.3 is 6.18 Å². The number of aliphatic hydroxyl groups is 2. The number of aliphatic hydroxyl groups excluding tert-OH is 1. The number of likely N-dealkylation sites (N-methyl/N-ethyl adjacent to an activating group) is 2. The van der Waals surface area contributed by atoms with Crippen LogP contribution in [0.3, 0.4) is 0 Å². The van der Waals surface area contributed by atoms with Crippen LogP contribution in [0.2, 0.25) is 10.0 Å². The first kappa shape index (κ1) is 50.4. The summed E-state index contributed by atoms with van der Waals surface area (Å²) >= 11 is 12.7. The number of benzene rings is 1. The zero-order valence-electron chi connectivity index (χ0n) is 35.9. The summed E-state index contributed by atoms with van der Waals surface area (Å²) in [5.41, 5.74) is -4.86. The first-order valence-corrected chi connectivity index (χ1v) is 21.4. The summed E-state index contributed by atoms with van der Waals surface area (Å²) in [6.07, 6.45) is -5.65. The zero-order chi connectivity index (χ0) is 46.6. The van der Waals surface area contributed by atoms with Crippen molar-refractivity contribution in [1.29, 1.82) is 0 Å². The topological polar surface area (TPSA) is 218 Å². The number of nitrogens with one attached hydrogen (secondary N) is 4. The summed E-state index contributed by atoms with van der Waals surface area (Å²) in [5, 5.41) is 31.9. The summed E-state index contributed by atoms with van der Waals surface area (Å²) in [4.78, 5) is 100. The zero-order valence-corrected chi connectivity index (χ0v) is 37.4. The fourth-order valence-electron chi connectivity index (χ4n) is 7.63. The van der Waals surface area contributed by atoms with E-state index in [1.165, 1.54) is 32.8 Å². The normalized spacial score (nSPS) is 26.0. The molecule has 1 aromatic rings. The number of hydrogen-bond acceptors (Lipinski definition) is 9. The Kier molecular flexibility index (Phi) is 16.4. The fraction of sp³-hybridized carbons (Fsp3) is 0.683. The van der Waals surface area contributed by atoms with Crippen molar-refractivity contribution in [1.82, 2.24) is 36.0 Å². The number of β-amino-alcohol motifs (C(OH)–C–C–N with tert-alkyl or cyclic N) is 1. The van der Waals surface area contributed by atoms with Gasteiger partial charge in [0.25, 0.3) is 5.91 Å². The molecule has 2 aliphatic heterocycles. The highest BCUT2D eigenvalue weighted by atomic mass is 35.5. The lowest BCUT2D eigenvalue weighted by Gasteiger charge is -2.36. The Bertz CT molecular complexity index is 1880. The Labute approximate surface area is 368 Å². The lowest BCUT2D eigenvalue weighted by Crippen LogP contribution is -2.62. The van der Waals surface area contributed by atoms with Crippen LogP contribution < -0.4 is 21.3 Å². The minimum absolute atomic E-state index is 0.0351. The van der Waals surface area contributed by atoms with E-state index in [2.05, 4.69) is 21.3 Å². The first-order chi connectivity index (χ1) is 28.7. The summed E-state index contributed by atoms with van der Waals surface area (Å²) in [6, 6.07) is -1.99. The molecule has 3 fully saturated rings. The number of amides is 7. The molecule has 1 aliphatic carbocycles. The minimum atomic E-state index is -5.39. The summed E-state index contributed by atoms with van der Waals surface area (Å²) in [7, 11) is 2.73. The van der Waals surface area contributed by atoms with Crippen molar-refractivity contribution < 1.29 is 56.9 Å². The minimum Gasteiger partial charge on any atom is -0.391 e. The van der Waals surface area contributed by atoms with Gasteiger partial charge in [0.2, 0.25) is 41.0 Å². The van der Waals surface area contributed by atoms with Crippen LogP contribution in [-0.4, -0.2) is 147 Å². The van der Waals surface area contributed by atoms with Crippen molar-refractivity contribution in [3.8, 4) is 0 Å². The Morgan fingerprint density at radius 2 is 1.69 bits per heavy atom. The second-order valence-electron chi connectivity index (χ2n) is 17.7. The molecule has 7 amide bonds. The third-order valence-corrected chi connectivity index (χ3v) is 12.2. The molecular formula is C41H58Cl2F3N7O9. The van der Waals surface area contributed by atoms with Crippen molar-refractivity contribution >= 4 is 64.6 Å². The van der Waals surface area contributed by atoms with Crippen molar-refractivity contribution in [2.75, 3.05) is 27.2 Å². The van der Waals surface area contributed by atoms with Crippen LogP contribution >= 0.6 is 23.2 Å². The van der Waals surface area contributed by atoms with Gasteiger partial charge < -0.3 is 46.2 Å². The smallest absolute Gasteiger partial charge is 0.391 e. The second kappa shape index (κ2) is 20.1. The molecule has 16 nitrogen and oxygen atoms in total. The Hall–Kier alpha value is -4.20. The molecule has 4 rings (SSSR count). The van der Waals surface area contributed by atoms with Gasteiger partial charge in [-0.3, -0.25) is 33.6 Å². The maximum atomic E-state index is 14.5. The lowest BCUT2D eigenvalue weighted by molar-refractivity contribution is -0.250. The molecule has 21 heteroatoms. The highest BCUT2D eigenvalue weighted by Crippen LogP contribution is 2.36. The highest BCUT2D eigenvalue weighted by Gasteiger charge is 2.59. The second-order valence-corrected chi connectivity index (χ2v) is 18.5. The predicted octanol–water partition coefficient (Wildman–Crippen LogP) is 2.09. The van der Waals surface area contributed by atoms with Crippen LogP contribution in [0.25, 0.3) is 0 Å². The van der Waals surface area contributed by atoms with Crippen LogP contribution in [0.4, 0.5) is 13.2 Å². The van der Waals surface area contributed by atoms with Crippen LogP contribution in [-0.2, 0) is 40.0 Å². The molecule has 7 atom stereocenters. The molecule has 0 spiro atoms. The molecule has 346 valence electrons. The number of carbonyl (C=O) groups is 7. The van der Waals surface area contributed by atoms with Gasteiger partial charge in [0, 0.05) is 50.1 Å². The predicted molar refractivity (Wildman–Crippen MR) is 221 cm³/mol. The van der Waals surface area contributed by atoms with Crippen molar-refractivity contribution in [2.45, 2.75) is 140 Å². The maximum Gasteiger partial charge on any atom is 0.426 e. The van der Waals surface area contributed by atoms with Crippen LogP contribution in [0.15, 0.2) is 18.2 Å². The van der Waals surface area contributed by atoms with Gasteiger partial charge in [0.1, 0.15) is 35.7 Å². The standard InChI is InChI=1S/C41H58Cl2F3N7O9/c1-21(2)16-27-35(58)52(7)29(18-23-17-24(42)13-14-26(23)43)34(57)50-39(3,4)37(60)47-15-9-8-10-28(32(55)48-27)51(6)36(59)31(22-11-12-22)49-33(56)30-19-25(54)20-53(30)38(61)40(5,62)41(44,45)46/h13-14,17,21-22,25,27-31,54,62H,8-12,15-16,18-20H2,1-7H3,(H,47,60)(H,48,55)(H,49,56)(H,50,57)/t25-,27-,28-,29-,30-,31-,40+/m0/s1. The number of rotatable bonds is 10. The van der Waals surface area contributed by atoms with Gasteiger partial charge in [0.15, 0.2) is 0 Å². The largest absolute Gasteiger partial charge is 0.426 e. The summed E-state index contributed by atoms with van der Waals surface area (Å²) in [6.45, 7) is 6.39. The van der Waals surface area contributed by atoms with Crippen LogP contribution in [0, 0.1) is 11.8 Å². The molecule has 0 aromatic heterocycles. The van der Waals surface area contributed by atoms with Crippen LogP contribution in [0.1, 0.15) is 85.1 Å². The summed E-state index contributed by atoms with van der Waals surface area (Å²) in [5.74, 6) is -6.78. The first-order valence-electron chi connectivity index (χ1n) is 20.6. The molecule has 1 aromatic carbocycles. The number of nitrogens with zero attached hydrogens (tertiary/aromatic N) is 3. The third kappa shape index (κ3) is 12.1. The van der Waals surface area contributed by atoms with E-state index in [9.17, 15) is 56.9 Å². The number of likely N-dealkylation sites (tertiary alicyclic amines) is 1. The van der Waals surface area contributed by atoms with E-state index in [1.54, 1.807) is 18.2 Å². The quantitative estimate of drug-likeness (QED) is 0.202. The highest BCUT2D eigenvalue weighted by molar-refractivity contribution is 6.33. The Morgan fingerprint density at radius 3 is 2.29 bits per heavy atom. The number of alkyl halides is 3. The maximum absolute atomic E-state index is 14.5. The number of halogens is 5. The van der Waals surface area contributed by atoms with Gasteiger partial charge in [-0.2, -0.15) is 13.2 Å². The Morgan fingerprint density at radius 1 is 1.05 bits per heavy atom. The van der Waals surface area contributed by atoms with Crippen molar-refractivity contribution in [2.24, 2.45) is 11.8 Å². The van der Waals surface area contributed by atoms with Gasteiger partial charge in [-0.1, -0.05) is 37.0 Å². The van der Waals surface area contributed by atoms with E-state index >= 15 is 0 Å². The molecule has 1 saturated carbocycles. The monoisotopic (exact) mass is 919 g/mol. The molecule has 0 radical (unpaired) electrons. The molecule has 0 unspecified atom stereocenters. The number of carbonyl (C=O) groups excluding carboxylic acids is 7. The molecule has 6 N–H and O–H groups in total. The third-order valence-electron chi connectivity index (χ3n) is 11.6. The van der Waals surface area contributed by atoms with E-state index in [0.717, 1.165) is 4.90 Å². The SMILES string of the molecule is CC(C)C[C@@H]1NC(=O)[C@@H](N(C)C(=O)[C@@H](NC(=O)[C@@H]2C[C@H](O)CN2C(=O)[C@@](C)(O)C(F)(F)F)C2CC2)CCCCNC(=O)C(C)(C)NC(=O)[C@H](Cc2cc(Cl)ccc2Cl)N(C)C1=O. The average molecular weight is 921 g/mol. The summed E-state index contributed by atoms with van der Waals surface area (Å²) < 4.78 is 40.8. The van der Waals surface area contributed by atoms with Gasteiger partial charge in [-0.25, -0.2) is 0 Å². The fourth-order valence-corrected chi connectivity index (χ4v) is 8.02. The van der Waals surface area contributed by atoms with E-state index < -0.39 is 114 Å². The average Bonchev–Trinajstić information content (AvgIpc) is 3.95. The van der Waals surface area contributed by atoms with Crippen molar-refractivity contribution in [3.05, 3.63) is 33.8 Å². The van der Waals surface area contributed by atoms with Gasteiger partial charge in [0.05, 0.1) is 6.10 Å². The lowest BCUT2D eigenvalue weighted by atomic mass is 9.97. The van der Waals surface area contributed by atoms with E-state index in [0.29, 0.717) is 34.7 Å². The number of hydrogen-bond donors (Lipinski definition) is 6. The molecule has 62 heavy (non-hydrogen) atoms. The molecule has 2 saturated heterocycles. The van der Waals surface area contributed by atoms with E-state index in [1.807, 2.05) is 13.8 Å². The van der Waals surface area contributed by atoms with E-state index in [-0.39, 0.29) is 50.1 Å². The molecule has 3 aliphatic rings. The molecule has 0 bridgehead atoms. The Balaban J connectivity index is 1.65. The van der Waals surface area contributed by atoms with Gasteiger partial charge in [-0.15, -0.1) is 0 Å². The van der Waals surface area contributed by atoms with E-state index in [4.69, 9.17) is 23.2 Å².